The van der Waals surface area contributed by atoms with Crippen LogP contribution >= 0.6 is 0 Å². The average molecular weight is 310 g/mol. The highest BCUT2D eigenvalue weighted by molar-refractivity contribution is 7.86. The molecule has 1 saturated heterocycles. The van der Waals surface area contributed by atoms with Gasteiger partial charge in [0.05, 0.1) is 12.3 Å². The Bertz CT molecular complexity index is 643. The minimum Gasteiger partial charge on any atom is -0.296 e. The van der Waals surface area contributed by atoms with Crippen LogP contribution in [0, 0.1) is 0 Å². The zero-order valence-corrected chi connectivity index (χ0v) is 12.8. The van der Waals surface area contributed by atoms with Crippen LogP contribution in [0.15, 0.2) is 35.4 Å². The molecule has 0 radical (unpaired) electrons. The molecule has 0 bridgehead atoms. The van der Waals surface area contributed by atoms with Crippen LogP contribution in [-0.2, 0) is 20.8 Å². The number of hydrogen-bond donors (Lipinski definition) is 0. The number of azide groups is 1. The molecule has 0 saturated carbocycles. The Morgan fingerprint density at radius 3 is 2.71 bits per heavy atom. The molecule has 1 aliphatic heterocycles. The topological polar surface area (TPSA) is 95.4 Å². The lowest BCUT2D eigenvalue weighted by atomic mass is 10.0. The first-order chi connectivity index (χ1) is 9.82. The molecule has 0 aromatic heterocycles. The predicted octanol–water partition coefficient (Wildman–Crippen LogP) is 1.92. The van der Waals surface area contributed by atoms with E-state index in [0.29, 0.717) is 19.6 Å². The van der Waals surface area contributed by atoms with E-state index in [1.165, 1.54) is 0 Å². The summed E-state index contributed by atoms with van der Waals surface area (Å²) < 4.78 is 28.0. The van der Waals surface area contributed by atoms with Crippen molar-refractivity contribution >= 4 is 10.1 Å². The van der Waals surface area contributed by atoms with Gasteiger partial charge in [-0.2, -0.15) is 8.42 Å². The molecule has 0 N–H and O–H groups in total. The summed E-state index contributed by atoms with van der Waals surface area (Å²) in [6.07, 6.45) is 1.01. The first-order valence-electron chi connectivity index (χ1n) is 6.53. The van der Waals surface area contributed by atoms with Gasteiger partial charge in [0.1, 0.15) is 5.60 Å². The summed E-state index contributed by atoms with van der Waals surface area (Å²) in [4.78, 5) is 4.84. The van der Waals surface area contributed by atoms with Crippen molar-refractivity contribution < 1.29 is 12.6 Å². The van der Waals surface area contributed by atoms with Gasteiger partial charge in [-0.25, -0.2) is 0 Å². The minimum atomic E-state index is -3.62. The van der Waals surface area contributed by atoms with Crippen molar-refractivity contribution in [3.05, 3.63) is 46.3 Å². The van der Waals surface area contributed by atoms with Crippen molar-refractivity contribution in [2.75, 3.05) is 19.3 Å². The first kappa shape index (κ1) is 15.8. The standard InChI is InChI=1S/C13H18N4O3S/c1-13(20-21(2,18)19)10-17(9-12(13)15-16-14)8-11-6-4-3-5-7-11/h3-7,12H,8-10H2,1-2H3. The fourth-order valence-electron chi connectivity index (χ4n) is 2.66. The van der Waals surface area contributed by atoms with E-state index in [-0.39, 0.29) is 0 Å². The summed E-state index contributed by atoms with van der Waals surface area (Å²) in [6, 6.07) is 9.28. The largest absolute Gasteiger partial charge is 0.296 e. The molecule has 1 heterocycles. The maximum Gasteiger partial charge on any atom is 0.264 e. The van der Waals surface area contributed by atoms with Crippen LogP contribution in [0.5, 0.6) is 0 Å². The molecule has 114 valence electrons. The predicted molar refractivity (Wildman–Crippen MR) is 79.0 cm³/mol. The van der Waals surface area contributed by atoms with Gasteiger partial charge in [0.15, 0.2) is 0 Å². The van der Waals surface area contributed by atoms with E-state index in [9.17, 15) is 8.42 Å². The van der Waals surface area contributed by atoms with Crippen molar-refractivity contribution in [2.24, 2.45) is 5.11 Å². The quantitative estimate of drug-likeness (QED) is 0.359. The molecule has 0 aliphatic carbocycles. The smallest absolute Gasteiger partial charge is 0.264 e. The Labute approximate surface area is 124 Å². The van der Waals surface area contributed by atoms with Crippen LogP contribution in [0.1, 0.15) is 12.5 Å². The molecule has 2 unspecified atom stereocenters. The van der Waals surface area contributed by atoms with Gasteiger partial charge in [0, 0.05) is 24.5 Å². The van der Waals surface area contributed by atoms with E-state index in [2.05, 4.69) is 10.0 Å². The second-order valence-corrected chi connectivity index (χ2v) is 7.05. The molecule has 1 aliphatic rings. The Kier molecular flexibility index (Phi) is 4.53. The van der Waals surface area contributed by atoms with E-state index < -0.39 is 21.8 Å². The lowest BCUT2D eigenvalue weighted by Gasteiger charge is -2.26. The highest BCUT2D eigenvalue weighted by Gasteiger charge is 2.46. The first-order valence-corrected chi connectivity index (χ1v) is 8.35. The van der Waals surface area contributed by atoms with E-state index in [1.807, 2.05) is 35.2 Å². The number of likely N-dealkylation sites (tertiary alicyclic amines) is 1. The van der Waals surface area contributed by atoms with E-state index >= 15 is 0 Å². The molecular formula is C13H18N4O3S. The lowest BCUT2D eigenvalue weighted by Crippen LogP contribution is -2.41. The third-order valence-electron chi connectivity index (χ3n) is 3.46. The summed E-state index contributed by atoms with van der Waals surface area (Å²) in [5.41, 5.74) is 8.75. The molecule has 1 aromatic carbocycles. The number of nitrogens with zero attached hydrogens (tertiary/aromatic N) is 4. The van der Waals surface area contributed by atoms with Crippen molar-refractivity contribution in [3.8, 4) is 0 Å². The third-order valence-corrected chi connectivity index (χ3v) is 4.14. The van der Waals surface area contributed by atoms with Gasteiger partial charge in [-0.15, -0.1) is 0 Å². The molecule has 7 nitrogen and oxygen atoms in total. The molecule has 1 fully saturated rings. The van der Waals surface area contributed by atoms with Gasteiger partial charge in [0.25, 0.3) is 10.1 Å². The van der Waals surface area contributed by atoms with Crippen LogP contribution in [0.3, 0.4) is 0 Å². The van der Waals surface area contributed by atoms with Gasteiger partial charge in [-0.05, 0) is 18.0 Å². The number of benzene rings is 1. The van der Waals surface area contributed by atoms with Gasteiger partial charge < -0.3 is 0 Å². The molecule has 1 aromatic rings. The van der Waals surface area contributed by atoms with E-state index in [4.69, 9.17) is 9.71 Å². The zero-order chi connectivity index (χ0) is 15.5. The second-order valence-electron chi connectivity index (χ2n) is 5.48. The maximum absolute atomic E-state index is 11.4. The van der Waals surface area contributed by atoms with Gasteiger partial charge in [0.2, 0.25) is 0 Å². The second kappa shape index (κ2) is 6.03. The normalized spacial score (nSPS) is 26.5. The van der Waals surface area contributed by atoms with E-state index in [0.717, 1.165) is 11.8 Å². The van der Waals surface area contributed by atoms with Crippen molar-refractivity contribution in [1.29, 1.82) is 0 Å². The fourth-order valence-corrected chi connectivity index (χ4v) is 3.52. The van der Waals surface area contributed by atoms with Crippen LogP contribution < -0.4 is 0 Å². The number of hydrogen-bond acceptors (Lipinski definition) is 5. The molecule has 2 rings (SSSR count). The third kappa shape index (κ3) is 4.18. The van der Waals surface area contributed by atoms with Crippen LogP contribution in [-0.4, -0.2) is 44.3 Å². The summed E-state index contributed by atoms with van der Waals surface area (Å²) in [6.45, 7) is 3.17. The Hall–Kier alpha value is -1.60. The zero-order valence-electron chi connectivity index (χ0n) is 12.0. The number of rotatable bonds is 5. The van der Waals surface area contributed by atoms with Crippen LogP contribution in [0.2, 0.25) is 0 Å². The molecule has 0 amide bonds. The molecular weight excluding hydrogens is 292 g/mol. The average Bonchev–Trinajstić information content (AvgIpc) is 2.64. The SMILES string of the molecule is CC1(OS(C)(=O)=O)CN(Cc2ccccc2)CC1N=[N+]=[N-]. The molecule has 2 atom stereocenters. The van der Waals surface area contributed by atoms with Gasteiger partial charge in [-0.1, -0.05) is 35.4 Å². The lowest BCUT2D eigenvalue weighted by molar-refractivity contribution is 0.0916. The Morgan fingerprint density at radius 1 is 1.48 bits per heavy atom. The fraction of sp³-hybridized carbons (Fsp3) is 0.538. The summed E-state index contributed by atoms with van der Waals surface area (Å²) in [5.74, 6) is 0. The van der Waals surface area contributed by atoms with Crippen LogP contribution in [0.4, 0.5) is 0 Å². The van der Waals surface area contributed by atoms with Crippen molar-refractivity contribution in [2.45, 2.75) is 25.1 Å². The maximum atomic E-state index is 11.4. The van der Waals surface area contributed by atoms with Gasteiger partial charge >= 0.3 is 0 Å². The van der Waals surface area contributed by atoms with Gasteiger partial charge in [-0.3, -0.25) is 9.08 Å². The molecule has 8 heteroatoms. The van der Waals surface area contributed by atoms with Crippen molar-refractivity contribution in [3.63, 3.8) is 0 Å². The Morgan fingerprint density at radius 2 is 2.14 bits per heavy atom. The van der Waals surface area contributed by atoms with E-state index in [1.54, 1.807) is 6.92 Å². The summed E-state index contributed by atoms with van der Waals surface area (Å²) >= 11 is 0. The Balaban J connectivity index is 2.16. The van der Waals surface area contributed by atoms with Crippen molar-refractivity contribution in [1.82, 2.24) is 4.90 Å². The molecule has 0 spiro atoms. The highest BCUT2D eigenvalue weighted by atomic mass is 32.2. The minimum absolute atomic E-state index is 0.388. The monoisotopic (exact) mass is 310 g/mol. The summed E-state index contributed by atoms with van der Waals surface area (Å²) in [5, 5.41) is 3.70. The highest BCUT2D eigenvalue weighted by Crippen LogP contribution is 2.30. The molecule has 21 heavy (non-hydrogen) atoms. The summed E-state index contributed by atoms with van der Waals surface area (Å²) in [7, 11) is -3.62. The van der Waals surface area contributed by atoms with Crippen LogP contribution in [0.25, 0.3) is 10.4 Å².